The van der Waals surface area contributed by atoms with Gasteiger partial charge in [-0.05, 0) is 42.9 Å². The Morgan fingerprint density at radius 2 is 1.67 bits per heavy atom. The Balaban J connectivity index is 2.95. The van der Waals surface area contributed by atoms with Crippen LogP contribution in [0.5, 0.6) is 5.75 Å². The van der Waals surface area contributed by atoms with Gasteiger partial charge in [0.1, 0.15) is 5.75 Å². The summed E-state index contributed by atoms with van der Waals surface area (Å²) in [5.74, 6) is 0.977. The smallest absolute Gasteiger partial charge is 0.121 e. The summed E-state index contributed by atoms with van der Waals surface area (Å²) in [6, 6.07) is 4.04. The van der Waals surface area contributed by atoms with Gasteiger partial charge in [-0.25, -0.2) is 0 Å². The lowest BCUT2D eigenvalue weighted by Crippen LogP contribution is -2.13. The summed E-state index contributed by atoms with van der Waals surface area (Å²) in [5.41, 5.74) is 9.04. The van der Waals surface area contributed by atoms with Crippen molar-refractivity contribution in [1.82, 2.24) is 0 Å². The van der Waals surface area contributed by atoms with Gasteiger partial charge < -0.3 is 10.8 Å². The minimum atomic E-state index is 0.0722. The molecular weight excluding hydrogens is 186 g/mol. The molecule has 3 N–H and O–H groups in total. The molecule has 0 fully saturated rings. The fourth-order valence-corrected chi connectivity index (χ4v) is 1.85. The van der Waals surface area contributed by atoms with E-state index in [-0.39, 0.29) is 6.04 Å². The van der Waals surface area contributed by atoms with Gasteiger partial charge in [-0.2, -0.15) is 0 Å². The van der Waals surface area contributed by atoms with Crippen molar-refractivity contribution in [2.24, 2.45) is 11.7 Å². The molecule has 0 saturated heterocycles. The van der Waals surface area contributed by atoms with Crippen molar-refractivity contribution in [2.75, 3.05) is 0 Å². The van der Waals surface area contributed by atoms with Gasteiger partial charge in [0.2, 0.25) is 0 Å². The molecule has 0 aromatic heterocycles. The van der Waals surface area contributed by atoms with Crippen LogP contribution >= 0.6 is 0 Å². The van der Waals surface area contributed by atoms with E-state index in [0.717, 1.165) is 23.1 Å². The Morgan fingerprint density at radius 3 is 2.07 bits per heavy atom. The van der Waals surface area contributed by atoms with E-state index in [1.165, 1.54) is 0 Å². The standard InChI is InChI=1S/C13H21NO/c1-8(2)5-12(14)11-6-9(3)13(15)10(4)7-11/h6-8,12,15H,5,14H2,1-4H3/t12-/m0/s1. The van der Waals surface area contributed by atoms with Crippen LogP contribution in [0.4, 0.5) is 0 Å². The van der Waals surface area contributed by atoms with Crippen LogP contribution in [0.25, 0.3) is 0 Å². The average Bonchev–Trinajstić information content (AvgIpc) is 2.12. The summed E-state index contributed by atoms with van der Waals surface area (Å²) in [4.78, 5) is 0. The van der Waals surface area contributed by atoms with E-state index in [2.05, 4.69) is 13.8 Å². The van der Waals surface area contributed by atoms with Crippen LogP contribution in [-0.4, -0.2) is 5.11 Å². The quantitative estimate of drug-likeness (QED) is 0.800. The van der Waals surface area contributed by atoms with Gasteiger partial charge in [0.25, 0.3) is 0 Å². The third kappa shape index (κ3) is 2.96. The maximum atomic E-state index is 9.65. The van der Waals surface area contributed by atoms with Crippen molar-refractivity contribution < 1.29 is 5.11 Å². The summed E-state index contributed by atoms with van der Waals surface area (Å²) in [7, 11) is 0. The molecule has 0 aliphatic rings. The van der Waals surface area contributed by atoms with Crippen LogP contribution < -0.4 is 5.73 Å². The van der Waals surface area contributed by atoms with Crippen molar-refractivity contribution in [2.45, 2.75) is 40.2 Å². The zero-order valence-electron chi connectivity index (χ0n) is 10.0. The highest BCUT2D eigenvalue weighted by Gasteiger charge is 2.11. The number of rotatable bonds is 3. The predicted octanol–water partition coefficient (Wildman–Crippen LogP) is 3.05. The Bertz CT molecular complexity index is 321. The number of phenols is 1. The molecule has 0 aliphatic heterocycles. The van der Waals surface area contributed by atoms with Crippen LogP contribution in [0.15, 0.2) is 12.1 Å². The van der Waals surface area contributed by atoms with Crippen LogP contribution in [-0.2, 0) is 0 Å². The summed E-state index contributed by atoms with van der Waals surface area (Å²) >= 11 is 0. The Labute approximate surface area is 92.1 Å². The second-order valence-electron chi connectivity index (χ2n) is 4.74. The van der Waals surface area contributed by atoms with E-state index >= 15 is 0 Å². The Morgan fingerprint density at radius 1 is 1.20 bits per heavy atom. The molecule has 0 spiro atoms. The van der Waals surface area contributed by atoms with Gasteiger partial charge in [-0.1, -0.05) is 26.0 Å². The molecule has 1 aromatic rings. The maximum Gasteiger partial charge on any atom is 0.121 e. The molecule has 0 saturated carbocycles. The first kappa shape index (κ1) is 12.1. The molecule has 0 amide bonds. The molecule has 0 heterocycles. The van der Waals surface area contributed by atoms with Crippen molar-refractivity contribution in [1.29, 1.82) is 0 Å². The lowest BCUT2D eigenvalue weighted by molar-refractivity contribution is 0.465. The van der Waals surface area contributed by atoms with Crippen LogP contribution in [0.2, 0.25) is 0 Å². The second-order valence-corrected chi connectivity index (χ2v) is 4.74. The molecular formula is C13H21NO. The fraction of sp³-hybridized carbons (Fsp3) is 0.538. The molecule has 1 atom stereocenters. The van der Waals surface area contributed by atoms with Crippen molar-refractivity contribution >= 4 is 0 Å². The van der Waals surface area contributed by atoms with E-state index in [1.54, 1.807) is 0 Å². The Hall–Kier alpha value is -1.02. The largest absolute Gasteiger partial charge is 0.507 e. The first-order chi connectivity index (χ1) is 6.91. The molecule has 0 bridgehead atoms. The highest BCUT2D eigenvalue weighted by molar-refractivity contribution is 5.43. The molecule has 0 radical (unpaired) electrons. The molecule has 84 valence electrons. The van der Waals surface area contributed by atoms with Gasteiger partial charge in [-0.3, -0.25) is 0 Å². The molecule has 1 aromatic carbocycles. The molecule has 1 rings (SSSR count). The molecule has 2 nitrogen and oxygen atoms in total. The minimum Gasteiger partial charge on any atom is -0.507 e. The lowest BCUT2D eigenvalue weighted by Gasteiger charge is -2.16. The number of hydrogen-bond acceptors (Lipinski definition) is 2. The van der Waals surface area contributed by atoms with Crippen molar-refractivity contribution in [3.05, 3.63) is 28.8 Å². The summed E-state index contributed by atoms with van der Waals surface area (Å²) in [6.07, 6.45) is 0.976. The van der Waals surface area contributed by atoms with E-state index in [4.69, 9.17) is 5.73 Å². The normalized spacial score (nSPS) is 13.2. The zero-order chi connectivity index (χ0) is 11.6. The average molecular weight is 207 g/mol. The highest BCUT2D eigenvalue weighted by atomic mass is 16.3. The van der Waals surface area contributed by atoms with Crippen LogP contribution in [0, 0.1) is 19.8 Å². The van der Waals surface area contributed by atoms with Crippen molar-refractivity contribution in [3.63, 3.8) is 0 Å². The summed E-state index contributed by atoms with van der Waals surface area (Å²) in [5, 5.41) is 9.65. The predicted molar refractivity (Wildman–Crippen MR) is 64.0 cm³/mol. The van der Waals surface area contributed by atoms with E-state index in [1.807, 2.05) is 26.0 Å². The SMILES string of the molecule is Cc1cc([C@@H](N)CC(C)C)cc(C)c1O. The molecule has 0 aliphatic carbocycles. The van der Waals surface area contributed by atoms with Gasteiger partial charge >= 0.3 is 0 Å². The van der Waals surface area contributed by atoms with Crippen molar-refractivity contribution in [3.8, 4) is 5.75 Å². The van der Waals surface area contributed by atoms with E-state index in [0.29, 0.717) is 11.7 Å². The van der Waals surface area contributed by atoms with Gasteiger partial charge in [0.05, 0.1) is 0 Å². The molecule has 0 unspecified atom stereocenters. The zero-order valence-corrected chi connectivity index (χ0v) is 10.0. The molecule has 2 heteroatoms. The third-order valence-electron chi connectivity index (χ3n) is 2.67. The van der Waals surface area contributed by atoms with Gasteiger partial charge in [0.15, 0.2) is 0 Å². The summed E-state index contributed by atoms with van der Waals surface area (Å²) < 4.78 is 0. The Kier molecular flexibility index (Phi) is 3.75. The highest BCUT2D eigenvalue weighted by Crippen LogP contribution is 2.27. The second kappa shape index (κ2) is 4.67. The van der Waals surface area contributed by atoms with Gasteiger partial charge in [-0.15, -0.1) is 0 Å². The van der Waals surface area contributed by atoms with Crippen LogP contribution in [0.3, 0.4) is 0 Å². The minimum absolute atomic E-state index is 0.0722. The number of nitrogens with two attached hydrogens (primary N) is 1. The first-order valence-electron chi connectivity index (χ1n) is 5.47. The number of benzene rings is 1. The number of aryl methyl sites for hydroxylation is 2. The lowest BCUT2D eigenvalue weighted by atomic mass is 9.95. The maximum absolute atomic E-state index is 9.65. The first-order valence-corrected chi connectivity index (χ1v) is 5.47. The monoisotopic (exact) mass is 207 g/mol. The van der Waals surface area contributed by atoms with E-state index < -0.39 is 0 Å². The number of phenolic OH excluding ortho intramolecular Hbond substituents is 1. The van der Waals surface area contributed by atoms with Gasteiger partial charge in [0, 0.05) is 6.04 Å². The summed E-state index contributed by atoms with van der Waals surface area (Å²) in [6.45, 7) is 8.15. The number of aromatic hydroxyl groups is 1. The fourth-order valence-electron chi connectivity index (χ4n) is 1.85. The van der Waals surface area contributed by atoms with E-state index in [9.17, 15) is 5.11 Å². The topological polar surface area (TPSA) is 46.2 Å². The molecule has 15 heavy (non-hydrogen) atoms. The third-order valence-corrected chi connectivity index (χ3v) is 2.67. The van der Waals surface area contributed by atoms with Crippen LogP contribution in [0.1, 0.15) is 43.0 Å². The number of hydrogen-bond donors (Lipinski definition) is 2.